The van der Waals surface area contributed by atoms with Crippen molar-refractivity contribution in [2.24, 2.45) is 0 Å². The number of ether oxygens (including phenoxy) is 1. The summed E-state index contributed by atoms with van der Waals surface area (Å²) in [7, 11) is 0. The number of rotatable bonds is 3. The molecule has 1 N–H and O–H groups in total. The summed E-state index contributed by atoms with van der Waals surface area (Å²) in [6.45, 7) is 0. The molecule has 0 aliphatic heterocycles. The second-order valence-electron chi connectivity index (χ2n) is 4.27. The van der Waals surface area contributed by atoms with E-state index in [1.165, 1.54) is 0 Å². The van der Waals surface area contributed by atoms with Crippen molar-refractivity contribution in [2.45, 2.75) is 6.36 Å². The van der Waals surface area contributed by atoms with Crippen LogP contribution in [0.3, 0.4) is 0 Å². The average molecular weight is 352 g/mol. The van der Waals surface area contributed by atoms with Crippen LogP contribution < -0.4 is 10.1 Å². The molecule has 2 rings (SSSR count). The standard InChI is InChI=1S/C14H7ClF5NO2/c15-10-6-12(17)11(16)5-9(10)13(22)21-7-1-3-8(4-2-7)23-14(18,19)20/h1-6H,(H,21,22). The molecule has 9 heteroatoms. The lowest BCUT2D eigenvalue weighted by Gasteiger charge is -2.10. The van der Waals surface area contributed by atoms with Gasteiger partial charge in [-0.15, -0.1) is 13.2 Å². The van der Waals surface area contributed by atoms with Crippen molar-refractivity contribution in [3.05, 3.63) is 58.6 Å². The molecule has 0 spiro atoms. The van der Waals surface area contributed by atoms with Crippen molar-refractivity contribution in [1.29, 1.82) is 0 Å². The highest BCUT2D eigenvalue weighted by Crippen LogP contribution is 2.25. The van der Waals surface area contributed by atoms with E-state index in [0.717, 1.165) is 24.3 Å². The van der Waals surface area contributed by atoms with Crippen LogP contribution in [-0.2, 0) is 0 Å². The van der Waals surface area contributed by atoms with Gasteiger partial charge in [0.1, 0.15) is 5.75 Å². The van der Waals surface area contributed by atoms with Crippen LogP contribution >= 0.6 is 11.6 Å². The Morgan fingerprint density at radius 2 is 1.61 bits per heavy atom. The van der Waals surface area contributed by atoms with Crippen LogP contribution in [0.15, 0.2) is 36.4 Å². The molecule has 0 aliphatic carbocycles. The van der Waals surface area contributed by atoms with E-state index in [0.29, 0.717) is 12.1 Å². The zero-order valence-electron chi connectivity index (χ0n) is 11.0. The van der Waals surface area contributed by atoms with Crippen molar-refractivity contribution in [3.8, 4) is 5.75 Å². The second-order valence-corrected chi connectivity index (χ2v) is 4.68. The maximum atomic E-state index is 13.1. The molecule has 0 heterocycles. The zero-order valence-corrected chi connectivity index (χ0v) is 11.8. The SMILES string of the molecule is O=C(Nc1ccc(OC(F)(F)F)cc1)c1cc(F)c(F)cc1Cl. The molecule has 0 fully saturated rings. The maximum Gasteiger partial charge on any atom is 0.573 e. The van der Waals surface area contributed by atoms with Gasteiger partial charge in [0, 0.05) is 5.69 Å². The molecule has 2 aromatic rings. The van der Waals surface area contributed by atoms with E-state index in [4.69, 9.17) is 11.6 Å². The highest BCUT2D eigenvalue weighted by Gasteiger charge is 2.31. The third-order valence-electron chi connectivity index (χ3n) is 2.60. The van der Waals surface area contributed by atoms with E-state index >= 15 is 0 Å². The number of hydrogen-bond acceptors (Lipinski definition) is 2. The fourth-order valence-electron chi connectivity index (χ4n) is 1.63. The van der Waals surface area contributed by atoms with Crippen LogP contribution in [0.1, 0.15) is 10.4 Å². The number of carbonyl (C=O) groups excluding carboxylic acids is 1. The van der Waals surface area contributed by atoms with Gasteiger partial charge in [-0.1, -0.05) is 11.6 Å². The van der Waals surface area contributed by atoms with Gasteiger partial charge in [0.2, 0.25) is 0 Å². The van der Waals surface area contributed by atoms with Gasteiger partial charge in [-0.05, 0) is 36.4 Å². The zero-order chi connectivity index (χ0) is 17.2. The first-order valence-electron chi connectivity index (χ1n) is 5.97. The molecule has 0 bridgehead atoms. The molecule has 23 heavy (non-hydrogen) atoms. The monoisotopic (exact) mass is 351 g/mol. The number of benzene rings is 2. The molecule has 1 amide bonds. The molecule has 122 valence electrons. The quantitative estimate of drug-likeness (QED) is 0.639. The Kier molecular flexibility index (Phi) is 4.74. The van der Waals surface area contributed by atoms with Gasteiger partial charge in [0.25, 0.3) is 5.91 Å². The molecular weight excluding hydrogens is 345 g/mol. The Labute approximate surface area is 131 Å². The Morgan fingerprint density at radius 1 is 1.04 bits per heavy atom. The summed E-state index contributed by atoms with van der Waals surface area (Å²) < 4.78 is 65.8. The Morgan fingerprint density at radius 3 is 2.17 bits per heavy atom. The van der Waals surface area contributed by atoms with Gasteiger partial charge in [0.15, 0.2) is 11.6 Å². The normalized spacial score (nSPS) is 11.2. The largest absolute Gasteiger partial charge is 0.573 e. The number of halogens is 6. The second kappa shape index (κ2) is 6.41. The smallest absolute Gasteiger partial charge is 0.406 e. The van der Waals surface area contributed by atoms with Crippen LogP contribution in [0, 0.1) is 11.6 Å². The van der Waals surface area contributed by atoms with Gasteiger partial charge in [-0.25, -0.2) is 8.78 Å². The summed E-state index contributed by atoms with van der Waals surface area (Å²) in [6.07, 6.45) is -4.83. The number of carbonyl (C=O) groups is 1. The van der Waals surface area contributed by atoms with E-state index in [-0.39, 0.29) is 16.3 Å². The van der Waals surface area contributed by atoms with Gasteiger partial charge < -0.3 is 10.1 Å². The molecule has 0 radical (unpaired) electrons. The maximum absolute atomic E-state index is 13.1. The number of nitrogens with one attached hydrogen (secondary N) is 1. The third-order valence-corrected chi connectivity index (χ3v) is 2.91. The Hall–Kier alpha value is -2.35. The van der Waals surface area contributed by atoms with E-state index in [1.54, 1.807) is 0 Å². The number of amides is 1. The first-order valence-corrected chi connectivity index (χ1v) is 6.35. The minimum atomic E-state index is -4.83. The van der Waals surface area contributed by atoms with Gasteiger partial charge >= 0.3 is 6.36 Å². The summed E-state index contributed by atoms with van der Waals surface area (Å²) in [5, 5.41) is 1.98. The molecule has 0 saturated heterocycles. The number of hydrogen-bond donors (Lipinski definition) is 1. The molecular formula is C14H7ClF5NO2. The van der Waals surface area contributed by atoms with Gasteiger partial charge in [0.05, 0.1) is 10.6 Å². The summed E-state index contributed by atoms with van der Waals surface area (Å²) in [5.74, 6) is -3.78. The summed E-state index contributed by atoms with van der Waals surface area (Å²) >= 11 is 5.65. The fraction of sp³-hybridized carbons (Fsp3) is 0.0714. The molecule has 2 aromatic carbocycles. The summed E-state index contributed by atoms with van der Waals surface area (Å²) in [6, 6.07) is 5.52. The highest BCUT2D eigenvalue weighted by molar-refractivity contribution is 6.34. The molecule has 0 saturated carbocycles. The van der Waals surface area contributed by atoms with Gasteiger partial charge in [-0.2, -0.15) is 0 Å². The van der Waals surface area contributed by atoms with Crippen LogP contribution in [0.2, 0.25) is 5.02 Å². The van der Waals surface area contributed by atoms with E-state index in [1.807, 2.05) is 0 Å². The van der Waals surface area contributed by atoms with Crippen molar-refractivity contribution >= 4 is 23.2 Å². The minimum absolute atomic E-state index is 0.116. The van der Waals surface area contributed by atoms with E-state index in [9.17, 15) is 26.7 Å². The number of alkyl halides is 3. The van der Waals surface area contributed by atoms with Crippen LogP contribution in [-0.4, -0.2) is 12.3 Å². The van der Waals surface area contributed by atoms with E-state index in [2.05, 4.69) is 10.1 Å². The Balaban J connectivity index is 2.13. The fourth-order valence-corrected chi connectivity index (χ4v) is 1.87. The van der Waals surface area contributed by atoms with Gasteiger partial charge in [-0.3, -0.25) is 4.79 Å². The minimum Gasteiger partial charge on any atom is -0.406 e. The Bertz CT molecular complexity index is 731. The van der Waals surface area contributed by atoms with E-state index < -0.39 is 29.7 Å². The summed E-state index contributed by atoms with van der Waals surface area (Å²) in [4.78, 5) is 11.9. The third kappa shape index (κ3) is 4.56. The van der Waals surface area contributed by atoms with Crippen LogP contribution in [0.5, 0.6) is 5.75 Å². The molecule has 0 unspecified atom stereocenters. The highest BCUT2D eigenvalue weighted by atomic mass is 35.5. The van der Waals surface area contributed by atoms with Crippen molar-refractivity contribution in [2.75, 3.05) is 5.32 Å². The summed E-state index contributed by atoms with van der Waals surface area (Å²) in [5.41, 5.74) is -0.202. The van der Waals surface area contributed by atoms with Crippen LogP contribution in [0.4, 0.5) is 27.6 Å². The van der Waals surface area contributed by atoms with Crippen molar-refractivity contribution < 1.29 is 31.5 Å². The van der Waals surface area contributed by atoms with Crippen LogP contribution in [0.25, 0.3) is 0 Å². The van der Waals surface area contributed by atoms with Crippen molar-refractivity contribution in [3.63, 3.8) is 0 Å². The lowest BCUT2D eigenvalue weighted by molar-refractivity contribution is -0.274. The first-order chi connectivity index (χ1) is 10.7. The molecule has 0 aromatic heterocycles. The lowest BCUT2D eigenvalue weighted by Crippen LogP contribution is -2.17. The molecule has 0 atom stereocenters. The number of anilines is 1. The topological polar surface area (TPSA) is 38.3 Å². The average Bonchev–Trinajstić information content (AvgIpc) is 2.43. The lowest BCUT2D eigenvalue weighted by atomic mass is 10.2. The van der Waals surface area contributed by atoms with Crippen molar-refractivity contribution in [1.82, 2.24) is 0 Å². The predicted molar refractivity (Wildman–Crippen MR) is 72.4 cm³/mol. The molecule has 3 nitrogen and oxygen atoms in total. The molecule has 0 aliphatic rings. The predicted octanol–water partition coefficient (Wildman–Crippen LogP) is 4.77. The first kappa shape index (κ1) is 17.0.